The van der Waals surface area contributed by atoms with Crippen molar-refractivity contribution < 1.29 is 29.4 Å². The molecule has 1 fully saturated rings. The van der Waals surface area contributed by atoms with Gasteiger partial charge in [0.1, 0.15) is 18.1 Å². The number of carbonyl (C=O) groups excluding carboxylic acids is 3. The van der Waals surface area contributed by atoms with E-state index in [0.717, 1.165) is 13.0 Å². The van der Waals surface area contributed by atoms with E-state index in [-0.39, 0.29) is 30.9 Å². The van der Waals surface area contributed by atoms with Crippen LogP contribution in [0, 0.1) is 0 Å². The number of aliphatic hydroxyl groups is 1. The first-order valence-corrected chi connectivity index (χ1v) is 11.4. The van der Waals surface area contributed by atoms with E-state index in [1.54, 1.807) is 0 Å². The van der Waals surface area contributed by atoms with Gasteiger partial charge in [-0.2, -0.15) is 0 Å². The molecule has 4 unspecified atom stereocenters. The van der Waals surface area contributed by atoms with E-state index >= 15 is 0 Å². The molecule has 0 aromatic carbocycles. The number of nitrogens with zero attached hydrogens (tertiary/aromatic N) is 1. The van der Waals surface area contributed by atoms with Crippen molar-refractivity contribution in [2.45, 2.75) is 69.1 Å². The van der Waals surface area contributed by atoms with Gasteiger partial charge in [-0.1, -0.05) is 0 Å². The molecule has 14 nitrogen and oxygen atoms in total. The highest BCUT2D eigenvalue weighted by molar-refractivity contribution is 5.94. The molecule has 0 bridgehead atoms. The highest BCUT2D eigenvalue weighted by Gasteiger charge is 2.31. The van der Waals surface area contributed by atoms with Crippen LogP contribution in [0.25, 0.3) is 0 Å². The lowest BCUT2D eigenvalue weighted by Gasteiger charge is -2.25. The number of carbonyl (C=O) groups is 4. The van der Waals surface area contributed by atoms with Gasteiger partial charge in [-0.05, 0) is 58.0 Å². The molecule has 4 atom stereocenters. The first-order chi connectivity index (χ1) is 16.2. The van der Waals surface area contributed by atoms with Gasteiger partial charge >= 0.3 is 5.97 Å². The number of nitrogens with two attached hydrogens (primary N) is 3. The Morgan fingerprint density at radius 3 is 2.12 bits per heavy atom. The molecule has 0 aliphatic carbocycles. The van der Waals surface area contributed by atoms with Gasteiger partial charge in [0.15, 0.2) is 5.96 Å². The summed E-state index contributed by atoms with van der Waals surface area (Å²) in [4.78, 5) is 53.3. The van der Waals surface area contributed by atoms with Crippen molar-refractivity contribution in [3.63, 3.8) is 0 Å². The van der Waals surface area contributed by atoms with Gasteiger partial charge in [0.2, 0.25) is 17.7 Å². The van der Waals surface area contributed by atoms with Crippen LogP contribution in [-0.4, -0.2) is 90.3 Å². The number of aliphatic hydroxyl groups excluding tert-OH is 1. The van der Waals surface area contributed by atoms with Gasteiger partial charge in [0.25, 0.3) is 0 Å². The highest BCUT2D eigenvalue weighted by Crippen LogP contribution is 2.08. The molecule has 12 N–H and O–H groups in total. The predicted octanol–water partition coefficient (Wildman–Crippen LogP) is -3.55. The summed E-state index contributed by atoms with van der Waals surface area (Å²) in [5.41, 5.74) is 16.1. The minimum Gasteiger partial charge on any atom is -0.480 e. The van der Waals surface area contributed by atoms with Gasteiger partial charge in [0, 0.05) is 6.54 Å². The number of carboxylic acid groups (broad SMARTS) is 1. The molecule has 1 rings (SSSR count). The first-order valence-electron chi connectivity index (χ1n) is 11.4. The third-order valence-electron chi connectivity index (χ3n) is 5.33. The highest BCUT2D eigenvalue weighted by atomic mass is 16.4. The molecule has 0 aromatic heterocycles. The fourth-order valence-corrected chi connectivity index (χ4v) is 3.44. The smallest absolute Gasteiger partial charge is 0.328 e. The average molecular weight is 487 g/mol. The Kier molecular flexibility index (Phi) is 13.5. The maximum absolute atomic E-state index is 13.0. The van der Waals surface area contributed by atoms with Crippen LogP contribution < -0.4 is 38.5 Å². The Balaban J connectivity index is 2.91. The zero-order chi connectivity index (χ0) is 25.5. The van der Waals surface area contributed by atoms with Crippen LogP contribution in [0.1, 0.15) is 44.9 Å². The molecule has 1 heterocycles. The second kappa shape index (κ2) is 15.8. The molecule has 0 spiro atoms. The number of aliphatic imine (C=N–C) groups is 1. The lowest BCUT2D eigenvalue weighted by atomic mass is 10.1. The maximum Gasteiger partial charge on any atom is 0.328 e. The van der Waals surface area contributed by atoms with Gasteiger partial charge in [-0.25, -0.2) is 4.79 Å². The zero-order valence-electron chi connectivity index (χ0n) is 19.3. The fourth-order valence-electron chi connectivity index (χ4n) is 3.44. The maximum atomic E-state index is 13.0. The summed E-state index contributed by atoms with van der Waals surface area (Å²) in [6.45, 7) is 0.520. The van der Waals surface area contributed by atoms with E-state index in [2.05, 4.69) is 26.3 Å². The van der Waals surface area contributed by atoms with Crippen LogP contribution in [0.3, 0.4) is 0 Å². The normalized spacial score (nSPS) is 17.8. The van der Waals surface area contributed by atoms with Crippen molar-refractivity contribution in [3.8, 4) is 0 Å². The Hall–Kier alpha value is -2.97. The summed E-state index contributed by atoms with van der Waals surface area (Å²) < 4.78 is 0. The minimum absolute atomic E-state index is 0.0970. The summed E-state index contributed by atoms with van der Waals surface area (Å²) in [6.07, 6.45) is 3.48. The van der Waals surface area contributed by atoms with E-state index in [1.165, 1.54) is 0 Å². The van der Waals surface area contributed by atoms with Crippen molar-refractivity contribution in [1.82, 2.24) is 21.3 Å². The molecule has 0 saturated carbocycles. The standard InChI is InChI=1S/C20H38N8O6/c21-8-2-1-5-13(26-16(30)12-6-3-9-24-12)17(31)27-14(7-4-10-25-20(22)23)18(32)28-15(11-29)19(33)34/h12-15,24,29H,1-11,21H2,(H,26,30)(H,27,31)(H,28,32)(H,33,34)(H4,22,23,25). The number of aliphatic carboxylic acids is 1. The molecule has 1 aliphatic rings. The van der Waals surface area contributed by atoms with E-state index in [9.17, 15) is 24.3 Å². The topological polar surface area (TPSA) is 247 Å². The monoisotopic (exact) mass is 486 g/mol. The first kappa shape index (κ1) is 29.1. The average Bonchev–Trinajstić information content (AvgIpc) is 3.33. The number of hydrogen-bond donors (Lipinski definition) is 9. The molecule has 1 saturated heterocycles. The number of amides is 3. The number of rotatable bonds is 16. The molecule has 1 aliphatic heterocycles. The van der Waals surface area contributed by atoms with Crippen molar-refractivity contribution in [2.75, 3.05) is 26.2 Å². The lowest BCUT2D eigenvalue weighted by Crippen LogP contribution is -2.57. The molecule has 0 aromatic rings. The summed E-state index contributed by atoms with van der Waals surface area (Å²) in [5.74, 6) is -3.22. The minimum atomic E-state index is -1.53. The summed E-state index contributed by atoms with van der Waals surface area (Å²) in [7, 11) is 0. The molecule has 34 heavy (non-hydrogen) atoms. The van der Waals surface area contributed by atoms with Crippen molar-refractivity contribution in [3.05, 3.63) is 0 Å². The number of nitrogens with one attached hydrogen (secondary N) is 4. The second-order valence-electron chi connectivity index (χ2n) is 8.09. The predicted molar refractivity (Wildman–Crippen MR) is 124 cm³/mol. The molecule has 194 valence electrons. The van der Waals surface area contributed by atoms with Crippen LogP contribution in [0.2, 0.25) is 0 Å². The number of unbranched alkanes of at least 4 members (excludes halogenated alkanes) is 1. The summed E-state index contributed by atoms with van der Waals surface area (Å²) in [6, 6.07) is -3.95. The van der Waals surface area contributed by atoms with Crippen LogP contribution >= 0.6 is 0 Å². The third kappa shape index (κ3) is 10.8. The van der Waals surface area contributed by atoms with Gasteiger partial charge < -0.3 is 48.7 Å². The van der Waals surface area contributed by atoms with Crippen LogP contribution in [0.4, 0.5) is 0 Å². The summed E-state index contributed by atoms with van der Waals surface area (Å²) in [5, 5.41) is 28.9. The molecular formula is C20H38N8O6. The van der Waals surface area contributed by atoms with Crippen molar-refractivity contribution >= 4 is 29.7 Å². The van der Waals surface area contributed by atoms with Crippen LogP contribution in [-0.2, 0) is 19.2 Å². The molecular weight excluding hydrogens is 448 g/mol. The quantitative estimate of drug-likeness (QED) is 0.0590. The van der Waals surface area contributed by atoms with Crippen molar-refractivity contribution in [1.29, 1.82) is 0 Å². The van der Waals surface area contributed by atoms with Gasteiger partial charge in [0.05, 0.1) is 12.6 Å². The van der Waals surface area contributed by atoms with Crippen LogP contribution in [0.15, 0.2) is 4.99 Å². The Labute approximate surface area is 198 Å². The number of hydrogen-bond acceptors (Lipinski definition) is 8. The van der Waals surface area contributed by atoms with Gasteiger partial charge in [-0.3, -0.25) is 19.4 Å². The molecule has 0 radical (unpaired) electrons. The summed E-state index contributed by atoms with van der Waals surface area (Å²) >= 11 is 0. The second-order valence-corrected chi connectivity index (χ2v) is 8.09. The van der Waals surface area contributed by atoms with E-state index in [1.807, 2.05) is 0 Å². The van der Waals surface area contributed by atoms with Crippen molar-refractivity contribution in [2.24, 2.45) is 22.2 Å². The lowest BCUT2D eigenvalue weighted by molar-refractivity contribution is -0.143. The van der Waals surface area contributed by atoms with E-state index in [0.29, 0.717) is 38.6 Å². The van der Waals surface area contributed by atoms with E-state index < -0.39 is 42.5 Å². The fraction of sp³-hybridized carbons (Fsp3) is 0.750. The number of guanidine groups is 1. The largest absolute Gasteiger partial charge is 0.480 e. The molecule has 14 heteroatoms. The number of carboxylic acids is 1. The Morgan fingerprint density at radius 1 is 0.971 bits per heavy atom. The van der Waals surface area contributed by atoms with Crippen LogP contribution in [0.5, 0.6) is 0 Å². The zero-order valence-corrected chi connectivity index (χ0v) is 19.3. The molecule has 3 amide bonds. The van der Waals surface area contributed by atoms with E-state index in [4.69, 9.17) is 22.3 Å². The SMILES string of the molecule is NCCCCC(NC(=O)C1CCCN1)C(=O)NC(CCCN=C(N)N)C(=O)NC(CO)C(=O)O. The third-order valence-corrected chi connectivity index (χ3v) is 5.33. The Morgan fingerprint density at radius 2 is 1.59 bits per heavy atom. The Bertz CT molecular complexity index is 709. The van der Waals surface area contributed by atoms with Gasteiger partial charge in [-0.15, -0.1) is 0 Å².